The first-order valence-corrected chi connectivity index (χ1v) is 8.57. The van der Waals surface area contributed by atoms with E-state index in [1.54, 1.807) is 27.7 Å². The van der Waals surface area contributed by atoms with Crippen LogP contribution in [0.5, 0.6) is 0 Å². The second kappa shape index (κ2) is 7.59. The summed E-state index contributed by atoms with van der Waals surface area (Å²) in [6, 6.07) is -0.935. The van der Waals surface area contributed by atoms with Crippen LogP contribution in [0.3, 0.4) is 0 Å². The average molecular weight is 358 g/mol. The number of aliphatic hydroxyl groups is 1. The van der Waals surface area contributed by atoms with Crippen LogP contribution in [0.2, 0.25) is 0 Å². The number of alkyl carbamates (subject to hydrolysis) is 1. The number of aliphatic hydroxyl groups excluding tert-OH is 1. The third kappa shape index (κ3) is 5.32. The van der Waals surface area contributed by atoms with Crippen molar-refractivity contribution in [2.45, 2.75) is 77.7 Å². The van der Waals surface area contributed by atoms with Crippen molar-refractivity contribution in [3.05, 3.63) is 0 Å². The summed E-state index contributed by atoms with van der Waals surface area (Å²) in [7, 11) is 0. The number of nitrogens with one attached hydrogen (secondary N) is 2. The molecule has 0 aromatic rings. The van der Waals surface area contributed by atoms with Crippen LogP contribution in [0, 0.1) is 11.8 Å². The SMILES string of the molecule is CCC(NC(=O)C1(NC(=O)OC(C)(C)C)CC1C(C)C)C(O)C(=O)O. The summed E-state index contributed by atoms with van der Waals surface area (Å²) >= 11 is 0. The molecule has 4 atom stereocenters. The van der Waals surface area contributed by atoms with E-state index in [2.05, 4.69) is 10.6 Å². The number of carboxylic acids is 1. The van der Waals surface area contributed by atoms with Gasteiger partial charge in [0.25, 0.3) is 0 Å². The Morgan fingerprint density at radius 1 is 1.28 bits per heavy atom. The van der Waals surface area contributed by atoms with Gasteiger partial charge >= 0.3 is 12.1 Å². The standard InChI is InChI=1S/C17H30N2O6/c1-7-11(12(20)13(21)22)18-14(23)17(8-10(17)9(2)3)19-15(24)25-16(4,5)6/h9-12,20H,7-8H2,1-6H3,(H,18,23)(H,19,24)(H,21,22). The van der Waals surface area contributed by atoms with Crippen molar-refractivity contribution in [2.75, 3.05) is 0 Å². The van der Waals surface area contributed by atoms with E-state index in [9.17, 15) is 19.5 Å². The first kappa shape index (κ1) is 21.2. The molecule has 0 aliphatic heterocycles. The van der Waals surface area contributed by atoms with Gasteiger partial charge in [-0.3, -0.25) is 4.79 Å². The maximum Gasteiger partial charge on any atom is 0.408 e. The molecule has 0 aromatic heterocycles. The normalized spacial score (nSPS) is 25.0. The Balaban J connectivity index is 2.90. The number of amides is 2. The highest BCUT2D eigenvalue weighted by Crippen LogP contribution is 2.48. The molecule has 0 radical (unpaired) electrons. The second-order valence-corrected chi connectivity index (χ2v) is 7.92. The fourth-order valence-electron chi connectivity index (χ4n) is 2.91. The smallest absolute Gasteiger partial charge is 0.408 e. The third-order valence-electron chi connectivity index (χ3n) is 4.34. The van der Waals surface area contributed by atoms with Crippen molar-refractivity contribution < 1.29 is 29.3 Å². The van der Waals surface area contributed by atoms with Gasteiger partial charge in [0, 0.05) is 0 Å². The molecule has 1 saturated carbocycles. The molecular weight excluding hydrogens is 328 g/mol. The van der Waals surface area contributed by atoms with Crippen molar-refractivity contribution in [3.63, 3.8) is 0 Å². The molecule has 0 aromatic carbocycles. The third-order valence-corrected chi connectivity index (χ3v) is 4.34. The van der Waals surface area contributed by atoms with Gasteiger partial charge in [-0.25, -0.2) is 9.59 Å². The first-order valence-electron chi connectivity index (χ1n) is 8.57. The van der Waals surface area contributed by atoms with Crippen LogP contribution in [0.4, 0.5) is 4.79 Å². The lowest BCUT2D eigenvalue weighted by atomic mass is 10.0. The van der Waals surface area contributed by atoms with Gasteiger partial charge in [0.1, 0.15) is 11.1 Å². The summed E-state index contributed by atoms with van der Waals surface area (Å²) in [6.45, 7) is 10.7. The van der Waals surface area contributed by atoms with Gasteiger partial charge < -0.3 is 25.6 Å². The number of hydrogen-bond donors (Lipinski definition) is 4. The zero-order valence-corrected chi connectivity index (χ0v) is 15.8. The Kier molecular flexibility index (Phi) is 6.44. The Morgan fingerprint density at radius 2 is 1.84 bits per heavy atom. The second-order valence-electron chi connectivity index (χ2n) is 7.92. The summed E-state index contributed by atoms with van der Waals surface area (Å²) in [4.78, 5) is 35.8. The van der Waals surface area contributed by atoms with Gasteiger partial charge in [0.15, 0.2) is 6.10 Å². The van der Waals surface area contributed by atoms with E-state index in [0.717, 1.165) is 0 Å². The fourth-order valence-corrected chi connectivity index (χ4v) is 2.91. The molecule has 8 nitrogen and oxygen atoms in total. The molecule has 1 aliphatic rings. The van der Waals surface area contributed by atoms with E-state index in [1.165, 1.54) is 0 Å². The molecule has 4 N–H and O–H groups in total. The lowest BCUT2D eigenvalue weighted by molar-refractivity contribution is -0.148. The number of hydrogen-bond acceptors (Lipinski definition) is 5. The predicted molar refractivity (Wildman–Crippen MR) is 90.9 cm³/mol. The van der Waals surface area contributed by atoms with Crippen molar-refractivity contribution in [2.24, 2.45) is 11.8 Å². The highest BCUT2D eigenvalue weighted by atomic mass is 16.6. The Labute approximate surface area is 148 Å². The number of carbonyl (C=O) groups is 3. The minimum Gasteiger partial charge on any atom is -0.479 e. The predicted octanol–water partition coefficient (Wildman–Crippen LogP) is 1.27. The molecular formula is C17H30N2O6. The van der Waals surface area contributed by atoms with Crippen molar-refractivity contribution >= 4 is 18.0 Å². The lowest BCUT2D eigenvalue weighted by Gasteiger charge is -2.27. The van der Waals surface area contributed by atoms with Gasteiger partial charge in [-0.2, -0.15) is 0 Å². The lowest BCUT2D eigenvalue weighted by Crippen LogP contribution is -2.57. The molecule has 0 heterocycles. The summed E-state index contributed by atoms with van der Waals surface area (Å²) in [5, 5.41) is 23.9. The summed E-state index contributed by atoms with van der Waals surface area (Å²) in [6.07, 6.45) is -1.72. The van der Waals surface area contributed by atoms with Crippen LogP contribution in [-0.4, -0.2) is 51.5 Å². The van der Waals surface area contributed by atoms with E-state index < -0.39 is 41.3 Å². The van der Waals surface area contributed by atoms with Crippen LogP contribution in [0.15, 0.2) is 0 Å². The van der Waals surface area contributed by atoms with Gasteiger partial charge in [-0.1, -0.05) is 20.8 Å². The van der Waals surface area contributed by atoms with Crippen LogP contribution in [0.1, 0.15) is 54.4 Å². The molecule has 0 saturated heterocycles. The van der Waals surface area contributed by atoms with E-state index in [4.69, 9.17) is 9.84 Å². The molecule has 1 fully saturated rings. The van der Waals surface area contributed by atoms with Crippen LogP contribution < -0.4 is 10.6 Å². The fraction of sp³-hybridized carbons (Fsp3) is 0.824. The number of ether oxygens (including phenoxy) is 1. The van der Waals surface area contributed by atoms with Gasteiger partial charge in [-0.05, 0) is 45.4 Å². The van der Waals surface area contributed by atoms with Crippen LogP contribution >= 0.6 is 0 Å². The molecule has 1 rings (SSSR count). The number of rotatable bonds is 7. The van der Waals surface area contributed by atoms with E-state index in [1.807, 2.05) is 13.8 Å². The van der Waals surface area contributed by atoms with Gasteiger partial charge in [0.2, 0.25) is 5.91 Å². The molecule has 0 bridgehead atoms. The average Bonchev–Trinajstić information content (AvgIpc) is 3.17. The molecule has 4 unspecified atom stereocenters. The van der Waals surface area contributed by atoms with Gasteiger partial charge in [0.05, 0.1) is 6.04 Å². The summed E-state index contributed by atoms with van der Waals surface area (Å²) in [5.74, 6) is -1.84. The molecule has 1 aliphatic carbocycles. The summed E-state index contributed by atoms with van der Waals surface area (Å²) < 4.78 is 5.24. The minimum absolute atomic E-state index is 0.0838. The maximum atomic E-state index is 12.8. The Hall–Kier alpha value is -1.83. The number of aliphatic carboxylic acids is 1. The topological polar surface area (TPSA) is 125 Å². The van der Waals surface area contributed by atoms with Crippen molar-refractivity contribution in [3.8, 4) is 0 Å². The maximum absolute atomic E-state index is 12.8. The minimum atomic E-state index is -1.70. The van der Waals surface area contributed by atoms with Gasteiger partial charge in [-0.15, -0.1) is 0 Å². The molecule has 25 heavy (non-hydrogen) atoms. The Morgan fingerprint density at radius 3 is 2.20 bits per heavy atom. The monoisotopic (exact) mass is 358 g/mol. The van der Waals surface area contributed by atoms with E-state index >= 15 is 0 Å². The van der Waals surface area contributed by atoms with Crippen LogP contribution in [-0.2, 0) is 14.3 Å². The molecule has 0 spiro atoms. The number of carboxylic acid groups (broad SMARTS) is 1. The zero-order chi connectivity index (χ0) is 19.6. The molecule has 144 valence electrons. The molecule has 2 amide bonds. The molecule has 8 heteroatoms. The highest BCUT2D eigenvalue weighted by Gasteiger charge is 2.62. The van der Waals surface area contributed by atoms with Crippen molar-refractivity contribution in [1.82, 2.24) is 10.6 Å². The summed E-state index contributed by atoms with van der Waals surface area (Å²) in [5.41, 5.74) is -1.84. The highest BCUT2D eigenvalue weighted by molar-refractivity contribution is 5.94. The zero-order valence-electron chi connectivity index (χ0n) is 15.8. The van der Waals surface area contributed by atoms with E-state index in [-0.39, 0.29) is 18.3 Å². The van der Waals surface area contributed by atoms with Crippen molar-refractivity contribution in [1.29, 1.82) is 0 Å². The van der Waals surface area contributed by atoms with E-state index in [0.29, 0.717) is 6.42 Å². The first-order chi connectivity index (χ1) is 11.3. The number of carbonyl (C=O) groups excluding carboxylic acids is 2. The quantitative estimate of drug-likeness (QED) is 0.543. The largest absolute Gasteiger partial charge is 0.479 e. The Bertz CT molecular complexity index is 528. The van der Waals surface area contributed by atoms with Crippen LogP contribution in [0.25, 0.3) is 0 Å².